The molecule has 4 saturated carbocycles. The van der Waals surface area contributed by atoms with E-state index in [-0.39, 0.29) is 384 Å². The van der Waals surface area contributed by atoms with E-state index in [1.54, 1.807) is 23.3 Å². The van der Waals surface area contributed by atoms with Crippen LogP contribution in [0.3, 0.4) is 0 Å². The van der Waals surface area contributed by atoms with Crippen LogP contribution in [0.5, 0.6) is 0 Å². The molecule has 40 heavy (non-hydrogen) atoms. The predicted molar refractivity (Wildman–Crippen MR) is 82.7 cm³/mol. The Labute approximate surface area is 479 Å². The second kappa shape index (κ2) is 35.4. The minimum atomic E-state index is -0.588. The summed E-state index contributed by atoms with van der Waals surface area (Å²) in [6, 6.07) is 0. The quantitative estimate of drug-likeness (QED) is 0.377. The van der Waals surface area contributed by atoms with Gasteiger partial charge in [0.1, 0.15) is 0 Å². The number of ether oxygens (including phenoxy) is 1. The van der Waals surface area contributed by atoms with Crippen molar-refractivity contribution in [2.45, 2.75) is 63.6 Å². The maximum Gasteiger partial charge on any atom is 0 e. The van der Waals surface area contributed by atoms with E-state index in [0.717, 1.165) is 25.7 Å². The number of fused-ring (bicyclic) bond motifs is 6. The number of aliphatic hydroxyl groups excluding tert-OH is 1. The van der Waals surface area contributed by atoms with Crippen molar-refractivity contribution in [3.05, 3.63) is 0 Å². The first-order valence-corrected chi connectivity index (χ1v) is 10.8. The maximum atomic E-state index is 12.7. The van der Waals surface area contributed by atoms with E-state index < -0.39 is 5.60 Å². The van der Waals surface area contributed by atoms with Crippen molar-refractivity contribution in [1.82, 2.24) is 0 Å². The van der Waals surface area contributed by atoms with E-state index in [2.05, 4.69) is 6.92 Å². The number of rotatable bonds is 0. The Bertz CT molecular complexity index is 693. The summed E-state index contributed by atoms with van der Waals surface area (Å²) in [4.78, 5) is 24.8. The summed E-state index contributed by atoms with van der Waals surface area (Å²) in [5.41, 5.74) is -0.487. The van der Waals surface area contributed by atoms with Gasteiger partial charge in [0, 0.05) is 337 Å². The van der Waals surface area contributed by atoms with Crippen LogP contribution in [0, 0.1) is 35.0 Å². The molecular weight excluding hydrogens is 3420 g/mol. The third-order valence-electron chi connectivity index (χ3n) is 8.13. The van der Waals surface area contributed by atoms with Crippen molar-refractivity contribution in [3.8, 4) is 0 Å². The Kier molecular flexibility index (Phi) is 73.9. The fraction of sp³-hybridized carbons (Fsp3) is 0.842. The van der Waals surface area contributed by atoms with E-state index in [0.29, 0.717) is 25.2 Å². The molecule has 1 heterocycles. The van der Waals surface area contributed by atoms with Crippen molar-refractivity contribution >= 4 is 15.7 Å². The third kappa shape index (κ3) is 16.2. The van der Waals surface area contributed by atoms with E-state index >= 15 is 0 Å². The van der Waals surface area contributed by atoms with Crippen molar-refractivity contribution in [1.29, 1.82) is 0 Å². The summed E-state index contributed by atoms with van der Waals surface area (Å²) >= 11 is 1.54. The van der Waals surface area contributed by atoms with Gasteiger partial charge in [-0.2, -0.15) is 0 Å². The minimum absolute atomic E-state index is 0. The normalized spacial score (nSPS) is 33.4. The van der Waals surface area contributed by atoms with Gasteiger partial charge in [-0.1, -0.05) is 0 Å². The maximum absolute atomic E-state index is 12.7. The van der Waals surface area contributed by atoms with Crippen LogP contribution in [0.2, 0.25) is 0 Å². The summed E-state index contributed by atoms with van der Waals surface area (Å²) in [7, 11) is 0. The van der Waals surface area contributed by atoms with Gasteiger partial charge in [0.2, 0.25) is 0 Å². The Balaban J connectivity index is -0.0000000490. The Hall–Kier alpha value is 10.7. The largest absolute Gasteiger partial charge is 0 e. The summed E-state index contributed by atoms with van der Waals surface area (Å²) in [5, 5.41) is 11.1. The Morgan fingerprint density at radius 1 is 0.700 bits per heavy atom. The number of hydrogen-bond donors (Lipinski definition) is 1. The van der Waals surface area contributed by atoms with Crippen molar-refractivity contribution in [2.24, 2.45) is 35.0 Å². The first-order chi connectivity index (χ1) is 11.4. The monoisotopic (exact) mass is 3440 g/mol. The molecule has 0 aromatic carbocycles. The van der Waals surface area contributed by atoms with Crippen molar-refractivity contribution in [3.63, 3.8) is 0 Å². The molecule has 8 atom stereocenters. The van der Waals surface area contributed by atoms with Crippen molar-refractivity contribution < 1.29 is 376 Å². The molecule has 1 N–H and O–H groups in total. The van der Waals surface area contributed by atoms with Crippen LogP contribution in [0.1, 0.15) is 51.9 Å². The van der Waals surface area contributed by atoms with Crippen LogP contribution in [-0.2, 0) is 371 Å². The van der Waals surface area contributed by atoms with E-state index in [4.69, 9.17) is 4.74 Å². The zero-order chi connectivity index (χ0) is 16.9. The second-order valence-corrected chi connectivity index (χ2v) is 10.8. The van der Waals surface area contributed by atoms with Crippen LogP contribution in [0.25, 0.3) is 0 Å². The molecule has 1 saturated heterocycles. The fourth-order valence-electron chi connectivity index (χ4n) is 7.24. The van der Waals surface area contributed by atoms with Gasteiger partial charge in [-0.3, -0.25) is 0 Å². The Morgan fingerprint density at radius 2 is 1.15 bits per heavy atom. The molecule has 1 aliphatic heterocycles. The molecule has 5 fully saturated rings. The number of esters is 1. The van der Waals surface area contributed by atoms with Gasteiger partial charge in [-0.05, 0) is 0 Å². The van der Waals surface area contributed by atoms with E-state index in [1.807, 2.05) is 0 Å². The van der Waals surface area contributed by atoms with Gasteiger partial charge in [0.15, 0.2) is 0 Å². The third-order valence-corrected chi connectivity index (χ3v) is 10.5. The Morgan fingerprint density at radius 3 is 1.62 bits per heavy atom. The summed E-state index contributed by atoms with van der Waals surface area (Å²) in [5.74, 6) is 1.11. The molecule has 1 spiro atoms. The molecular formula is C19H24O4W17. The second-order valence-electron chi connectivity index (χ2n) is 9.07. The van der Waals surface area contributed by atoms with Gasteiger partial charge in [0.25, 0.3) is 0 Å². The van der Waals surface area contributed by atoms with Crippen LogP contribution in [0.15, 0.2) is 0 Å². The molecule has 0 aromatic rings. The minimum Gasteiger partial charge on any atom is 0 e. The standard InChI is InChI=1S/C19H24O4.17W/c1-18-6-2-3-12(18)15-11-8-19(23-17(11)22)7-10(20)4-5-13(19)16(15)14(21)9-18;;;;;;;;;;;;;;;;;/h11-16,21H,2-5,7-9H2,1H3;;;;;;;;;;;;;;;;;/t11-,12?,13?,14-,15?,16?,18?,19+;;;;;;;;;;;;;;;;;/m1................./s1. The first kappa shape index (κ1) is 83.6. The van der Waals surface area contributed by atoms with Gasteiger partial charge < -0.3 is 0 Å². The van der Waals surface area contributed by atoms with Gasteiger partial charge in [-0.15, -0.1) is 0 Å². The number of aliphatic hydroxyl groups is 1. The molecule has 21 heteroatoms. The zero-order valence-corrected chi connectivity index (χ0v) is 70.4. The summed E-state index contributed by atoms with van der Waals surface area (Å²) in [6.07, 6.45) is 5.25. The van der Waals surface area contributed by atoms with Gasteiger partial charge in [0.05, 0.1) is 0 Å². The molecule has 0 aromatic heterocycles. The van der Waals surface area contributed by atoms with E-state index in [1.165, 1.54) is 0 Å². The molecule has 4 aliphatic carbocycles. The van der Waals surface area contributed by atoms with Crippen LogP contribution in [0.4, 0.5) is 0 Å². The number of Topliss-reactive ketones (excluding diaryl/α,β-unsaturated/α-hetero) is 1. The predicted octanol–water partition coefficient (Wildman–Crippen LogP) is 1.76. The van der Waals surface area contributed by atoms with Gasteiger partial charge in [-0.25, -0.2) is 0 Å². The molecule has 226 valence electrons. The van der Waals surface area contributed by atoms with Crippen LogP contribution in [-0.4, -0.2) is 32.5 Å². The smallest absolute Gasteiger partial charge is 0 e. The summed E-state index contributed by atoms with van der Waals surface area (Å²) < 4.78 is 7.50. The van der Waals surface area contributed by atoms with Gasteiger partial charge >= 0.3 is 153 Å². The molecule has 4 nitrogen and oxygen atoms in total. The first-order valence-electron chi connectivity index (χ1n) is 9.32. The number of ketones is 1. The average Bonchev–Trinajstić information content (AvgIpc) is 2.94. The summed E-state index contributed by atoms with van der Waals surface area (Å²) in [6.45, 7) is 2.32. The number of hydrogen-bond acceptors (Lipinski definition) is 4. The fourth-order valence-corrected chi connectivity index (χ4v) is 8.50. The average molecular weight is 3440 g/mol. The molecule has 5 aliphatic rings. The molecule has 0 radical (unpaired) electrons. The number of carbonyl (C=O) groups excluding carboxylic acids is 2. The van der Waals surface area contributed by atoms with Crippen LogP contribution >= 0.6 is 0 Å². The number of carbonyl (C=O) groups is 2. The molecule has 5 unspecified atom stereocenters. The van der Waals surface area contributed by atoms with Crippen molar-refractivity contribution in [2.75, 3.05) is 0 Å². The molecule has 5 rings (SSSR count). The SMILES string of the molecule is CC12C[C@@H](O)C3C(C1CC[C]2=[W])[C@H]1C[C@]2(CC(=O)CCC32)OC1=O.[W].[W].[W].[W].[W].[W].[W].[W].[W].[W].[W].[W].[W].[W].[W].[W]. The molecule has 0 amide bonds. The van der Waals surface area contributed by atoms with E-state index in [9.17, 15) is 14.7 Å². The molecule has 2 bridgehead atoms. The van der Waals surface area contributed by atoms with Crippen LogP contribution < -0.4 is 0 Å². The topological polar surface area (TPSA) is 63.6 Å². The zero-order valence-electron chi connectivity index (χ0n) is 20.5.